The number of halogens is 3. The number of alkyl halides is 3. The van der Waals surface area contributed by atoms with Gasteiger partial charge in [-0.05, 0) is 55.2 Å². The van der Waals surface area contributed by atoms with Crippen molar-refractivity contribution in [3.8, 4) is 6.07 Å². The van der Waals surface area contributed by atoms with Gasteiger partial charge in [-0.1, -0.05) is 86.2 Å². The predicted molar refractivity (Wildman–Crippen MR) is 154 cm³/mol. The van der Waals surface area contributed by atoms with E-state index in [0.29, 0.717) is 17.7 Å². The molecule has 210 valence electrons. The fraction of sp³-hybridized carbons (Fsp3) is 0.273. The van der Waals surface area contributed by atoms with Crippen LogP contribution < -0.4 is 4.90 Å². The number of hydrogen-bond acceptors (Lipinski definition) is 4. The molecule has 1 N–H and O–H groups in total. The first-order chi connectivity index (χ1) is 19.0. The van der Waals surface area contributed by atoms with Gasteiger partial charge >= 0.3 is 6.18 Å². The number of benzene rings is 3. The van der Waals surface area contributed by atoms with Crippen molar-refractivity contribution < 1.29 is 23.1 Å². The van der Waals surface area contributed by atoms with E-state index in [1.807, 2.05) is 67.6 Å². The number of allylic oxidation sites excluding steroid dienone is 4. The van der Waals surface area contributed by atoms with Crippen LogP contribution in [0, 0.1) is 18.3 Å². The van der Waals surface area contributed by atoms with E-state index in [9.17, 15) is 23.1 Å². The van der Waals surface area contributed by atoms with Crippen molar-refractivity contribution >= 4 is 11.5 Å². The van der Waals surface area contributed by atoms with E-state index >= 15 is 0 Å². The van der Waals surface area contributed by atoms with Crippen molar-refractivity contribution in [2.45, 2.75) is 52.3 Å². The van der Waals surface area contributed by atoms with Crippen LogP contribution in [0.15, 0.2) is 102 Å². The zero-order valence-corrected chi connectivity index (χ0v) is 23.2. The maximum Gasteiger partial charge on any atom is 0.416 e. The van der Waals surface area contributed by atoms with Crippen LogP contribution >= 0.6 is 0 Å². The van der Waals surface area contributed by atoms with Crippen LogP contribution in [0.3, 0.4) is 0 Å². The third-order valence-electron chi connectivity index (χ3n) is 6.00. The van der Waals surface area contributed by atoms with Gasteiger partial charge in [0.05, 0.1) is 22.9 Å². The monoisotopic (exact) mass is 548 g/mol. The third kappa shape index (κ3) is 9.55. The van der Waals surface area contributed by atoms with Gasteiger partial charge in [0.1, 0.15) is 6.10 Å². The molecule has 3 aromatic carbocycles. The van der Waals surface area contributed by atoms with Gasteiger partial charge in [-0.3, -0.25) is 4.79 Å². The maximum atomic E-state index is 13.2. The second-order valence-corrected chi connectivity index (χ2v) is 9.22. The van der Waals surface area contributed by atoms with Gasteiger partial charge in [0.15, 0.2) is 5.78 Å². The molecule has 1 unspecified atom stereocenters. The number of likely N-dealkylation sites (N-methyl/N-ethyl adjacent to an activating group) is 1. The van der Waals surface area contributed by atoms with Crippen LogP contribution in [0.2, 0.25) is 0 Å². The standard InChI is InChI=1S/C19H21F3N2O.C14H14O/c1-4-7-15(19(20,21)22)12-17(18(25)8-5-2)24(3)16-10-6-9-14(11-16)13-23;1-11-6-5-9-13(10-11)14(15)12-7-3-2-4-8-12/h6-7,9-12H,4-5,8H2,1-3H3;2-10,14-15H,1H3/b15-7-,17-12-;. The summed E-state index contributed by atoms with van der Waals surface area (Å²) in [5.74, 6) is -0.376. The van der Waals surface area contributed by atoms with E-state index in [1.54, 1.807) is 32.0 Å². The minimum Gasteiger partial charge on any atom is -0.384 e. The van der Waals surface area contributed by atoms with Gasteiger partial charge in [-0.2, -0.15) is 18.4 Å². The van der Waals surface area contributed by atoms with Crippen molar-refractivity contribution in [1.29, 1.82) is 5.26 Å². The lowest BCUT2D eigenvalue weighted by Gasteiger charge is -2.23. The number of carbonyl (C=O) groups excluding carboxylic acids is 1. The molecule has 0 fully saturated rings. The molecule has 4 nitrogen and oxygen atoms in total. The molecule has 0 aliphatic carbocycles. The van der Waals surface area contributed by atoms with Crippen molar-refractivity contribution in [3.05, 3.63) is 125 Å². The number of aliphatic hydroxyl groups excluding tert-OH is 1. The summed E-state index contributed by atoms with van der Waals surface area (Å²) in [6.45, 7) is 5.42. The molecule has 0 aliphatic rings. The number of anilines is 1. The highest BCUT2D eigenvalue weighted by atomic mass is 19.4. The Balaban J connectivity index is 0.000000315. The largest absolute Gasteiger partial charge is 0.416 e. The summed E-state index contributed by atoms with van der Waals surface area (Å²) < 4.78 is 39.6. The Bertz CT molecular complexity index is 1360. The molecule has 3 aromatic rings. The molecule has 0 aliphatic heterocycles. The van der Waals surface area contributed by atoms with Gasteiger partial charge in [-0.25, -0.2) is 0 Å². The minimum atomic E-state index is -4.54. The average molecular weight is 549 g/mol. The molecular formula is C33H35F3N2O2. The van der Waals surface area contributed by atoms with Gasteiger partial charge in [-0.15, -0.1) is 0 Å². The maximum absolute atomic E-state index is 13.2. The molecule has 0 bridgehead atoms. The Morgan fingerprint density at radius 3 is 2.23 bits per heavy atom. The summed E-state index contributed by atoms with van der Waals surface area (Å²) in [6, 6.07) is 26.0. The summed E-state index contributed by atoms with van der Waals surface area (Å²) in [5, 5.41) is 19.1. The SMILES string of the molecule is CC/C=C(/C=C(/C(=O)CCC)N(C)c1cccc(C#N)c1)C(F)(F)F.Cc1cccc(C(O)c2ccccc2)c1. The highest BCUT2D eigenvalue weighted by Gasteiger charge is 2.33. The molecule has 0 spiro atoms. The minimum absolute atomic E-state index is 0.0473. The zero-order valence-electron chi connectivity index (χ0n) is 23.2. The highest BCUT2D eigenvalue weighted by molar-refractivity contribution is 5.99. The van der Waals surface area contributed by atoms with E-state index in [4.69, 9.17) is 5.26 Å². The number of hydrogen-bond donors (Lipinski definition) is 1. The topological polar surface area (TPSA) is 64.3 Å². The van der Waals surface area contributed by atoms with E-state index < -0.39 is 17.9 Å². The fourth-order valence-electron chi connectivity index (χ4n) is 3.93. The highest BCUT2D eigenvalue weighted by Crippen LogP contribution is 2.30. The number of rotatable bonds is 9. The van der Waals surface area contributed by atoms with E-state index in [1.165, 1.54) is 23.6 Å². The van der Waals surface area contributed by atoms with Crippen LogP contribution in [-0.2, 0) is 4.79 Å². The molecule has 0 saturated carbocycles. The quantitative estimate of drug-likeness (QED) is 0.216. The van der Waals surface area contributed by atoms with Gasteiger partial charge in [0.25, 0.3) is 0 Å². The van der Waals surface area contributed by atoms with Crippen LogP contribution in [0.1, 0.15) is 61.5 Å². The Kier molecular flexibility index (Phi) is 12.4. The Morgan fingerprint density at radius 2 is 1.65 bits per heavy atom. The molecular weight excluding hydrogens is 513 g/mol. The number of carbonyl (C=O) groups is 1. The van der Waals surface area contributed by atoms with Crippen LogP contribution in [0.5, 0.6) is 0 Å². The second-order valence-electron chi connectivity index (χ2n) is 9.22. The fourth-order valence-corrected chi connectivity index (χ4v) is 3.93. The number of nitriles is 1. The Hall–Kier alpha value is -4.15. The molecule has 40 heavy (non-hydrogen) atoms. The lowest BCUT2D eigenvalue weighted by atomic mass is 10.0. The van der Waals surface area contributed by atoms with E-state index in [-0.39, 0.29) is 24.3 Å². The summed E-state index contributed by atoms with van der Waals surface area (Å²) in [7, 11) is 1.52. The van der Waals surface area contributed by atoms with Crippen LogP contribution in [0.25, 0.3) is 0 Å². The Morgan fingerprint density at radius 1 is 1.00 bits per heavy atom. The third-order valence-corrected chi connectivity index (χ3v) is 6.00. The lowest BCUT2D eigenvalue weighted by Crippen LogP contribution is -2.24. The molecule has 7 heteroatoms. The number of aliphatic hydroxyl groups is 1. The number of nitrogens with zero attached hydrogens (tertiary/aromatic N) is 2. The van der Waals surface area contributed by atoms with Gasteiger partial charge < -0.3 is 10.0 Å². The summed E-state index contributed by atoms with van der Waals surface area (Å²) in [5.41, 5.74) is 3.00. The van der Waals surface area contributed by atoms with Crippen molar-refractivity contribution in [2.24, 2.45) is 0 Å². The van der Waals surface area contributed by atoms with E-state index in [2.05, 4.69) is 0 Å². The first kappa shape index (κ1) is 32.1. The molecule has 0 radical (unpaired) electrons. The summed E-state index contributed by atoms with van der Waals surface area (Å²) in [6.07, 6.45) is -2.24. The second kappa shape index (κ2) is 15.4. The van der Waals surface area contributed by atoms with Gasteiger partial charge in [0, 0.05) is 19.2 Å². The first-order valence-corrected chi connectivity index (χ1v) is 13.1. The smallest absolute Gasteiger partial charge is 0.384 e. The normalized spacial score (nSPS) is 12.6. The van der Waals surface area contributed by atoms with Crippen molar-refractivity contribution in [1.82, 2.24) is 0 Å². The average Bonchev–Trinajstić information content (AvgIpc) is 2.95. The molecule has 0 amide bonds. The molecule has 0 heterocycles. The van der Waals surface area contributed by atoms with Crippen molar-refractivity contribution in [2.75, 3.05) is 11.9 Å². The zero-order chi connectivity index (χ0) is 29.7. The molecule has 0 aromatic heterocycles. The van der Waals surface area contributed by atoms with Crippen LogP contribution in [-0.4, -0.2) is 24.1 Å². The molecule has 1 atom stereocenters. The number of aryl methyl sites for hydroxylation is 1. The van der Waals surface area contributed by atoms with E-state index in [0.717, 1.165) is 23.3 Å². The number of ketones is 1. The van der Waals surface area contributed by atoms with Gasteiger partial charge in [0.2, 0.25) is 0 Å². The Labute approximate surface area is 234 Å². The summed E-state index contributed by atoms with van der Waals surface area (Å²) in [4.78, 5) is 13.8. The number of Topliss-reactive ketones (excluding diaryl/α,β-unsaturated/α-hetero) is 1. The van der Waals surface area contributed by atoms with Crippen molar-refractivity contribution in [3.63, 3.8) is 0 Å². The lowest BCUT2D eigenvalue weighted by molar-refractivity contribution is -0.115. The van der Waals surface area contributed by atoms with Crippen LogP contribution in [0.4, 0.5) is 18.9 Å². The first-order valence-electron chi connectivity index (χ1n) is 13.1. The summed E-state index contributed by atoms with van der Waals surface area (Å²) >= 11 is 0. The molecule has 3 rings (SSSR count). The molecule has 0 saturated heterocycles. The predicted octanol–water partition coefficient (Wildman–Crippen LogP) is 8.22.